The fraction of sp³-hybridized carbons (Fsp3) is 0.321. The number of fused-ring (bicyclic) bond motifs is 2. The first kappa shape index (κ1) is 26.2. The van der Waals surface area contributed by atoms with Gasteiger partial charge in [-0.15, -0.1) is 5.10 Å². The molecule has 4 aromatic heterocycles. The van der Waals surface area contributed by atoms with Crippen LogP contribution in [0.3, 0.4) is 0 Å². The Morgan fingerprint density at radius 3 is 2.75 bits per heavy atom. The molecule has 2 unspecified atom stereocenters. The van der Waals surface area contributed by atoms with Gasteiger partial charge in [0.2, 0.25) is 5.95 Å². The molecule has 0 radical (unpaired) electrons. The molecule has 4 atom stereocenters. The molecule has 0 aromatic carbocycles. The smallest absolute Gasteiger partial charge is 0.212 e. The van der Waals surface area contributed by atoms with Crippen molar-refractivity contribution in [1.82, 2.24) is 34.7 Å². The number of carbonyl (C=O) groups excluding carboxylic acids is 1. The van der Waals surface area contributed by atoms with Crippen molar-refractivity contribution in [3.63, 3.8) is 0 Å². The number of allylic oxidation sites excluding steroid dienone is 1. The van der Waals surface area contributed by atoms with Crippen molar-refractivity contribution in [2.24, 2.45) is 18.4 Å². The Balaban J connectivity index is 1.43. The van der Waals surface area contributed by atoms with Crippen LogP contribution in [0.4, 0.5) is 8.78 Å². The summed E-state index contributed by atoms with van der Waals surface area (Å²) in [7, 11) is -0.975. The van der Waals surface area contributed by atoms with Crippen molar-refractivity contribution >= 4 is 27.3 Å². The molecule has 1 fully saturated rings. The van der Waals surface area contributed by atoms with E-state index in [9.17, 15) is 17.8 Å². The Kier molecular flexibility index (Phi) is 6.25. The molecule has 0 N–H and O–H groups in total. The van der Waals surface area contributed by atoms with Crippen LogP contribution < -0.4 is 0 Å². The van der Waals surface area contributed by atoms with E-state index in [2.05, 4.69) is 31.2 Å². The number of hydrogen-bond acceptors (Lipinski definition) is 7. The Labute approximate surface area is 230 Å². The van der Waals surface area contributed by atoms with Crippen molar-refractivity contribution in [3.05, 3.63) is 83.5 Å². The van der Waals surface area contributed by atoms with Crippen LogP contribution in [0.15, 0.2) is 59.5 Å². The molecule has 40 heavy (non-hydrogen) atoms. The van der Waals surface area contributed by atoms with Crippen LogP contribution in [0, 0.1) is 23.1 Å². The van der Waals surface area contributed by atoms with Crippen LogP contribution in [0.5, 0.6) is 0 Å². The molecule has 206 valence electrons. The standard InChI is InChI=1S/C28H27F2N7O2S/c1-17(40(3,39)22-15-33-36(2)16-22)18-4-5-19-10-25-24(34-35-37(25)21-6-7-26(30)32-14-21)13-28(19,12-18)27(38)23-11-20(29)8-9-31-23/h6-11,14-18H,3-5,12-13H2,1-2H3/t17?,18-,28+,40?/m0/s1. The summed E-state index contributed by atoms with van der Waals surface area (Å²) in [6.07, 6.45) is 9.66. The van der Waals surface area contributed by atoms with Crippen molar-refractivity contribution < 1.29 is 17.8 Å². The number of Topliss-reactive ketones (excluding diaryl/α,β-unsaturated/α-hetero) is 1. The van der Waals surface area contributed by atoms with E-state index in [1.54, 1.807) is 34.9 Å². The number of halogens is 2. The zero-order valence-corrected chi connectivity index (χ0v) is 22.8. The van der Waals surface area contributed by atoms with Crippen LogP contribution in [0.2, 0.25) is 0 Å². The van der Waals surface area contributed by atoms with E-state index in [1.165, 1.54) is 24.5 Å². The largest absolute Gasteiger partial charge is 0.291 e. The molecule has 12 heteroatoms. The van der Waals surface area contributed by atoms with E-state index in [1.807, 2.05) is 13.0 Å². The van der Waals surface area contributed by atoms with E-state index in [4.69, 9.17) is 0 Å². The summed E-state index contributed by atoms with van der Waals surface area (Å²) in [5.74, 6) is 2.51. The van der Waals surface area contributed by atoms with Gasteiger partial charge in [-0.05, 0) is 55.3 Å². The fourth-order valence-electron chi connectivity index (χ4n) is 5.98. The molecule has 9 nitrogen and oxygen atoms in total. The van der Waals surface area contributed by atoms with Gasteiger partial charge in [-0.3, -0.25) is 18.7 Å². The van der Waals surface area contributed by atoms with E-state index >= 15 is 0 Å². The highest BCUT2D eigenvalue weighted by molar-refractivity contribution is 8.00. The molecule has 4 heterocycles. The minimum Gasteiger partial charge on any atom is -0.291 e. The van der Waals surface area contributed by atoms with Crippen molar-refractivity contribution in [3.8, 4) is 5.69 Å². The van der Waals surface area contributed by atoms with Gasteiger partial charge in [-0.1, -0.05) is 17.7 Å². The van der Waals surface area contributed by atoms with Gasteiger partial charge < -0.3 is 0 Å². The van der Waals surface area contributed by atoms with Crippen molar-refractivity contribution in [2.75, 3.05) is 0 Å². The molecule has 0 bridgehead atoms. The van der Waals surface area contributed by atoms with Gasteiger partial charge in [-0.2, -0.15) is 9.49 Å². The predicted octanol–water partition coefficient (Wildman–Crippen LogP) is 3.84. The summed E-state index contributed by atoms with van der Waals surface area (Å²) in [6.45, 7) is 1.91. The summed E-state index contributed by atoms with van der Waals surface area (Å²) in [6, 6.07) is 5.15. The summed E-state index contributed by atoms with van der Waals surface area (Å²) in [5.41, 5.74) is 1.61. The van der Waals surface area contributed by atoms with E-state index in [-0.39, 0.29) is 29.1 Å². The minimum atomic E-state index is -2.73. The SMILES string of the molecule is C=S(=O)(c1cnn(C)c1)C(C)[C@H]1CCC2=Cc3c(nnn3-c3ccc(F)nc3)C[C@]2(C(=O)c2cc(F)ccn2)C1. The van der Waals surface area contributed by atoms with Gasteiger partial charge in [-0.25, -0.2) is 14.1 Å². The number of rotatable bonds is 6. The van der Waals surface area contributed by atoms with Crippen molar-refractivity contribution in [2.45, 2.75) is 42.8 Å². The molecule has 1 saturated carbocycles. The molecule has 0 amide bonds. The summed E-state index contributed by atoms with van der Waals surface area (Å²) in [5, 5.41) is 12.5. The van der Waals surface area contributed by atoms with Crippen LogP contribution in [0.25, 0.3) is 11.8 Å². The summed E-state index contributed by atoms with van der Waals surface area (Å²) in [4.78, 5) is 22.7. The second-order valence-electron chi connectivity index (χ2n) is 10.6. The molecule has 0 saturated heterocycles. The average Bonchev–Trinajstić information content (AvgIpc) is 3.57. The molecular formula is C28H27F2N7O2S. The average molecular weight is 564 g/mol. The Bertz CT molecular complexity index is 1760. The highest BCUT2D eigenvalue weighted by Crippen LogP contribution is 2.52. The molecule has 6 rings (SSSR count). The highest BCUT2D eigenvalue weighted by Gasteiger charge is 2.51. The number of aromatic nitrogens is 7. The number of pyridine rings is 2. The Hall–Kier alpha value is -4.06. The lowest BCUT2D eigenvalue weighted by atomic mass is 9.59. The lowest BCUT2D eigenvalue weighted by molar-refractivity contribution is 0.0752. The molecule has 4 aromatic rings. The summed E-state index contributed by atoms with van der Waals surface area (Å²) >= 11 is 0. The number of hydrogen-bond donors (Lipinski definition) is 0. The number of aryl methyl sites for hydroxylation is 1. The lowest BCUT2D eigenvalue weighted by Crippen LogP contribution is -2.45. The van der Waals surface area contributed by atoms with Gasteiger partial charge >= 0.3 is 0 Å². The minimum absolute atomic E-state index is 0.0281. The monoisotopic (exact) mass is 563 g/mol. The molecule has 0 spiro atoms. The maximum absolute atomic E-state index is 14.2. The fourth-order valence-corrected chi connectivity index (χ4v) is 7.82. The topological polar surface area (TPSA) is 108 Å². The van der Waals surface area contributed by atoms with Crippen LogP contribution >= 0.6 is 0 Å². The third kappa shape index (κ3) is 4.26. The predicted molar refractivity (Wildman–Crippen MR) is 145 cm³/mol. The first-order valence-corrected chi connectivity index (χ1v) is 14.7. The van der Waals surface area contributed by atoms with E-state index in [0.717, 1.165) is 11.6 Å². The normalized spacial score (nSPS) is 22.5. The maximum Gasteiger partial charge on any atom is 0.212 e. The Morgan fingerprint density at radius 1 is 1.23 bits per heavy atom. The second kappa shape index (κ2) is 9.54. The quantitative estimate of drug-likeness (QED) is 0.199. The van der Waals surface area contributed by atoms with Crippen LogP contribution in [-0.4, -0.2) is 55.9 Å². The zero-order valence-electron chi connectivity index (χ0n) is 22.0. The highest BCUT2D eigenvalue weighted by atomic mass is 32.2. The second-order valence-corrected chi connectivity index (χ2v) is 13.2. The summed E-state index contributed by atoms with van der Waals surface area (Å²) < 4.78 is 44.8. The van der Waals surface area contributed by atoms with Crippen molar-refractivity contribution in [1.29, 1.82) is 0 Å². The first-order valence-electron chi connectivity index (χ1n) is 12.9. The van der Waals surface area contributed by atoms with Crippen LogP contribution in [0.1, 0.15) is 48.1 Å². The zero-order chi connectivity index (χ0) is 28.2. The van der Waals surface area contributed by atoms with E-state index in [0.29, 0.717) is 41.2 Å². The first-order chi connectivity index (χ1) is 19.1. The molecule has 0 aliphatic heterocycles. The van der Waals surface area contributed by atoms with Gasteiger partial charge in [0.15, 0.2) is 5.78 Å². The van der Waals surface area contributed by atoms with Gasteiger partial charge in [0.25, 0.3) is 0 Å². The third-order valence-corrected chi connectivity index (χ3v) is 10.9. The molecule has 2 aliphatic rings. The third-order valence-electron chi connectivity index (χ3n) is 8.26. The maximum atomic E-state index is 14.2. The van der Waals surface area contributed by atoms with Gasteiger partial charge in [0.1, 0.15) is 11.5 Å². The van der Waals surface area contributed by atoms with E-state index < -0.39 is 26.7 Å². The lowest BCUT2D eigenvalue weighted by Gasteiger charge is -2.45. The van der Waals surface area contributed by atoms with Gasteiger partial charge in [0.05, 0.1) is 39.8 Å². The molecule has 2 aliphatic carbocycles. The number of nitrogens with zero attached hydrogens (tertiary/aromatic N) is 7. The number of ketones is 1. The Morgan fingerprint density at radius 2 is 2.05 bits per heavy atom. The number of carbonyl (C=O) groups is 1. The molecular weight excluding hydrogens is 536 g/mol. The van der Waals surface area contributed by atoms with Crippen LogP contribution in [-0.2, 0) is 23.0 Å². The van der Waals surface area contributed by atoms with Gasteiger partial charge in [0, 0.05) is 46.7 Å².